The van der Waals surface area contributed by atoms with Crippen LogP contribution in [0.3, 0.4) is 0 Å². The van der Waals surface area contributed by atoms with Crippen LogP contribution < -0.4 is 0 Å². The smallest absolute Gasteiger partial charge is 0.309 e. The van der Waals surface area contributed by atoms with Crippen LogP contribution in [0.2, 0.25) is 0 Å². The average Bonchev–Trinajstić information content (AvgIpc) is 2.26. The van der Waals surface area contributed by atoms with Crippen molar-refractivity contribution in [2.45, 2.75) is 32.9 Å². The summed E-state index contributed by atoms with van der Waals surface area (Å²) in [5, 5.41) is 0. The summed E-state index contributed by atoms with van der Waals surface area (Å²) in [6.07, 6.45) is 0. The van der Waals surface area contributed by atoms with Crippen molar-refractivity contribution in [1.29, 1.82) is 0 Å². The van der Waals surface area contributed by atoms with Crippen molar-refractivity contribution in [3.8, 4) is 0 Å². The Hall–Kier alpha value is -0.610. The first kappa shape index (κ1) is 13.5. The second-order valence-corrected chi connectivity index (χ2v) is 4.90. The molecule has 1 aliphatic rings. The van der Waals surface area contributed by atoms with Crippen molar-refractivity contribution < 1.29 is 9.53 Å². The minimum Gasteiger partial charge on any atom is -0.469 e. The molecular formula is C12H24N2O2. The summed E-state index contributed by atoms with van der Waals surface area (Å²) in [6.45, 7) is 9.45. The van der Waals surface area contributed by atoms with Gasteiger partial charge in [0.15, 0.2) is 0 Å². The quantitative estimate of drug-likeness (QED) is 0.670. The Kier molecular flexibility index (Phi) is 4.74. The third-order valence-corrected chi connectivity index (χ3v) is 3.70. The lowest BCUT2D eigenvalue weighted by Crippen LogP contribution is -2.55. The predicted octanol–water partition coefficient (Wildman–Crippen LogP) is 0.820. The molecule has 0 aromatic carbocycles. The van der Waals surface area contributed by atoms with E-state index in [2.05, 4.69) is 30.7 Å². The minimum absolute atomic E-state index is 0.0594. The fourth-order valence-corrected chi connectivity index (χ4v) is 2.43. The largest absolute Gasteiger partial charge is 0.469 e. The van der Waals surface area contributed by atoms with Crippen molar-refractivity contribution in [2.75, 3.05) is 33.8 Å². The molecule has 3 atom stereocenters. The molecule has 1 rings (SSSR count). The number of likely N-dealkylation sites (N-methyl/N-ethyl adjacent to an activating group) is 1. The monoisotopic (exact) mass is 228 g/mol. The molecule has 1 saturated heterocycles. The van der Waals surface area contributed by atoms with Gasteiger partial charge in [-0.3, -0.25) is 9.69 Å². The van der Waals surface area contributed by atoms with Gasteiger partial charge in [0.1, 0.15) is 0 Å². The molecule has 0 spiro atoms. The number of methoxy groups -OCH3 is 1. The maximum absolute atomic E-state index is 11.5. The molecule has 0 aromatic rings. The molecule has 0 radical (unpaired) electrons. The van der Waals surface area contributed by atoms with Gasteiger partial charge in [0.05, 0.1) is 13.0 Å². The molecule has 4 nitrogen and oxygen atoms in total. The topological polar surface area (TPSA) is 32.8 Å². The van der Waals surface area contributed by atoms with E-state index >= 15 is 0 Å². The van der Waals surface area contributed by atoms with Gasteiger partial charge in [-0.2, -0.15) is 0 Å². The molecule has 1 aliphatic heterocycles. The highest BCUT2D eigenvalue weighted by atomic mass is 16.5. The van der Waals surface area contributed by atoms with Crippen molar-refractivity contribution in [1.82, 2.24) is 9.80 Å². The van der Waals surface area contributed by atoms with Crippen LogP contribution in [-0.2, 0) is 9.53 Å². The molecular weight excluding hydrogens is 204 g/mol. The van der Waals surface area contributed by atoms with Gasteiger partial charge < -0.3 is 9.64 Å². The lowest BCUT2D eigenvalue weighted by atomic mass is 9.99. The summed E-state index contributed by atoms with van der Waals surface area (Å²) in [7, 11) is 3.60. The lowest BCUT2D eigenvalue weighted by molar-refractivity contribution is -0.147. The average molecular weight is 228 g/mol. The van der Waals surface area contributed by atoms with Crippen molar-refractivity contribution in [2.24, 2.45) is 5.92 Å². The standard InChI is InChI=1S/C12H24N2O2/c1-9-8-13(4)6-7-14(9)11(3)10(2)12(15)16-5/h9-11H,6-8H2,1-5H3. The summed E-state index contributed by atoms with van der Waals surface area (Å²) >= 11 is 0. The number of hydrogen-bond donors (Lipinski definition) is 0. The summed E-state index contributed by atoms with van der Waals surface area (Å²) in [4.78, 5) is 16.2. The molecule has 0 aliphatic carbocycles. The molecule has 16 heavy (non-hydrogen) atoms. The van der Waals surface area contributed by atoms with Gasteiger partial charge >= 0.3 is 5.97 Å². The van der Waals surface area contributed by atoms with Crippen LogP contribution in [0.15, 0.2) is 0 Å². The number of hydrogen-bond acceptors (Lipinski definition) is 4. The Bertz CT molecular complexity index is 245. The van der Waals surface area contributed by atoms with Gasteiger partial charge in [-0.25, -0.2) is 0 Å². The van der Waals surface area contributed by atoms with Crippen LogP contribution >= 0.6 is 0 Å². The van der Waals surface area contributed by atoms with E-state index in [1.807, 2.05) is 6.92 Å². The van der Waals surface area contributed by atoms with Gasteiger partial charge in [-0.1, -0.05) is 6.92 Å². The van der Waals surface area contributed by atoms with E-state index in [1.54, 1.807) is 0 Å². The normalized spacial score (nSPS) is 27.4. The lowest BCUT2D eigenvalue weighted by Gasteiger charge is -2.43. The number of carbonyl (C=O) groups excluding carboxylic acids is 1. The summed E-state index contributed by atoms with van der Waals surface area (Å²) in [6, 6.07) is 0.747. The second-order valence-electron chi connectivity index (χ2n) is 4.90. The van der Waals surface area contributed by atoms with Gasteiger partial charge in [-0.15, -0.1) is 0 Å². The Morgan fingerprint density at radius 3 is 2.50 bits per heavy atom. The molecule has 1 heterocycles. The van der Waals surface area contributed by atoms with Gasteiger partial charge in [-0.05, 0) is 20.9 Å². The van der Waals surface area contributed by atoms with Crippen LogP contribution in [-0.4, -0.2) is 61.6 Å². The van der Waals surface area contributed by atoms with Crippen LogP contribution in [0.5, 0.6) is 0 Å². The summed E-state index contributed by atoms with van der Waals surface area (Å²) in [5.74, 6) is -0.172. The zero-order chi connectivity index (χ0) is 12.3. The van der Waals surface area contributed by atoms with Crippen LogP contribution in [0.4, 0.5) is 0 Å². The van der Waals surface area contributed by atoms with E-state index in [4.69, 9.17) is 4.74 Å². The van der Waals surface area contributed by atoms with Crippen molar-refractivity contribution in [3.63, 3.8) is 0 Å². The molecule has 0 saturated carbocycles. The van der Waals surface area contributed by atoms with Crippen molar-refractivity contribution >= 4 is 5.97 Å². The number of ether oxygens (including phenoxy) is 1. The minimum atomic E-state index is -0.112. The Morgan fingerprint density at radius 1 is 1.38 bits per heavy atom. The SMILES string of the molecule is COC(=O)C(C)C(C)N1CCN(C)CC1C. The van der Waals surface area contributed by atoms with E-state index in [1.165, 1.54) is 7.11 Å². The van der Waals surface area contributed by atoms with Gasteiger partial charge in [0.2, 0.25) is 0 Å². The van der Waals surface area contributed by atoms with Crippen molar-refractivity contribution in [3.05, 3.63) is 0 Å². The highest BCUT2D eigenvalue weighted by Crippen LogP contribution is 2.18. The maximum Gasteiger partial charge on any atom is 0.309 e. The molecule has 1 fully saturated rings. The molecule has 3 unspecified atom stereocenters. The van der Waals surface area contributed by atoms with Crippen LogP contribution in [0, 0.1) is 5.92 Å². The first-order valence-corrected chi connectivity index (χ1v) is 5.99. The number of carbonyl (C=O) groups is 1. The fourth-order valence-electron chi connectivity index (χ4n) is 2.43. The Morgan fingerprint density at radius 2 is 2.00 bits per heavy atom. The van der Waals surface area contributed by atoms with E-state index in [9.17, 15) is 4.79 Å². The molecule has 0 aromatic heterocycles. The van der Waals surface area contributed by atoms with Crippen LogP contribution in [0.1, 0.15) is 20.8 Å². The molecule has 0 bridgehead atoms. The third-order valence-electron chi connectivity index (χ3n) is 3.70. The predicted molar refractivity (Wildman–Crippen MR) is 64.3 cm³/mol. The zero-order valence-electron chi connectivity index (χ0n) is 11.1. The number of esters is 1. The van der Waals surface area contributed by atoms with Gasteiger partial charge in [0.25, 0.3) is 0 Å². The highest BCUT2D eigenvalue weighted by molar-refractivity contribution is 5.72. The maximum atomic E-state index is 11.5. The van der Waals surface area contributed by atoms with Crippen LogP contribution in [0.25, 0.3) is 0 Å². The Balaban J connectivity index is 2.59. The first-order chi connectivity index (χ1) is 7.47. The second kappa shape index (κ2) is 5.64. The zero-order valence-corrected chi connectivity index (χ0v) is 11.1. The molecule has 0 amide bonds. The van der Waals surface area contributed by atoms with E-state index in [0.717, 1.165) is 19.6 Å². The van der Waals surface area contributed by atoms with Gasteiger partial charge in [0, 0.05) is 31.7 Å². The highest BCUT2D eigenvalue weighted by Gasteiger charge is 2.31. The number of rotatable bonds is 3. The number of nitrogens with zero attached hydrogens (tertiary/aromatic N) is 2. The third kappa shape index (κ3) is 2.95. The van der Waals surface area contributed by atoms with E-state index < -0.39 is 0 Å². The summed E-state index contributed by atoms with van der Waals surface area (Å²) in [5.41, 5.74) is 0. The first-order valence-electron chi connectivity index (χ1n) is 5.99. The molecule has 0 N–H and O–H groups in total. The fraction of sp³-hybridized carbons (Fsp3) is 0.917. The van der Waals surface area contributed by atoms with E-state index in [-0.39, 0.29) is 17.9 Å². The molecule has 4 heteroatoms. The van der Waals surface area contributed by atoms with E-state index in [0.29, 0.717) is 6.04 Å². The molecule has 94 valence electrons. The Labute approximate surface area is 98.5 Å². The number of piperazine rings is 1. The summed E-state index contributed by atoms with van der Waals surface area (Å²) < 4.78 is 4.80.